The van der Waals surface area contributed by atoms with Crippen LogP contribution in [-0.2, 0) is 19.0 Å². The van der Waals surface area contributed by atoms with Crippen LogP contribution in [0.5, 0.6) is 0 Å². The van der Waals surface area contributed by atoms with Gasteiger partial charge >= 0.3 is 0 Å². The first-order valence-corrected chi connectivity index (χ1v) is 5.81. The highest BCUT2D eigenvalue weighted by atomic mass is 16.7. The summed E-state index contributed by atoms with van der Waals surface area (Å²) in [5, 5.41) is 3.28. The van der Waals surface area contributed by atoms with Gasteiger partial charge in [0.25, 0.3) is 6.47 Å². The largest absolute Gasteiger partial charge is 0.471 e. The monoisotopic (exact) mass is 231 g/mol. The number of ether oxygens (including phenoxy) is 3. The fourth-order valence-corrected chi connectivity index (χ4v) is 1.78. The lowest BCUT2D eigenvalue weighted by Gasteiger charge is -2.25. The zero-order valence-corrected chi connectivity index (χ0v) is 9.81. The summed E-state index contributed by atoms with van der Waals surface area (Å²) in [5.74, 6) is 0. The molecule has 0 amide bonds. The van der Waals surface area contributed by atoms with Gasteiger partial charge in [-0.2, -0.15) is 0 Å². The van der Waals surface area contributed by atoms with Crippen molar-refractivity contribution in [2.75, 3.05) is 26.8 Å². The second kappa shape index (κ2) is 8.50. The molecule has 0 aromatic carbocycles. The van der Waals surface area contributed by atoms with Crippen LogP contribution in [0.4, 0.5) is 0 Å². The fourth-order valence-electron chi connectivity index (χ4n) is 1.78. The molecule has 16 heavy (non-hydrogen) atoms. The fraction of sp³-hybridized carbons (Fsp3) is 0.909. The summed E-state index contributed by atoms with van der Waals surface area (Å²) in [4.78, 5) is 8.95. The van der Waals surface area contributed by atoms with E-state index in [1.807, 2.05) is 0 Å². The minimum absolute atomic E-state index is 0.0867. The number of nitrogens with one attached hydrogen (secondary N) is 1. The highest BCUT2D eigenvalue weighted by Gasteiger charge is 2.21. The van der Waals surface area contributed by atoms with Crippen molar-refractivity contribution in [3.05, 3.63) is 0 Å². The van der Waals surface area contributed by atoms with Crippen molar-refractivity contribution >= 4 is 6.47 Å². The van der Waals surface area contributed by atoms with Gasteiger partial charge < -0.3 is 19.5 Å². The minimum atomic E-state index is 0.0867. The summed E-state index contributed by atoms with van der Waals surface area (Å²) in [6, 6.07) is 0. The molecule has 0 aromatic rings. The summed E-state index contributed by atoms with van der Waals surface area (Å²) in [5.41, 5.74) is 0. The van der Waals surface area contributed by atoms with E-state index in [4.69, 9.17) is 14.3 Å². The molecule has 2 rings (SSSR count). The Bertz CT molecular complexity index is 177. The molecule has 2 aliphatic heterocycles. The molecule has 0 aromatic heterocycles. The highest BCUT2D eigenvalue weighted by Crippen LogP contribution is 2.17. The van der Waals surface area contributed by atoms with Crippen molar-refractivity contribution in [3.8, 4) is 0 Å². The van der Waals surface area contributed by atoms with Crippen molar-refractivity contribution in [1.29, 1.82) is 0 Å². The number of carbonyl (C=O) groups is 1. The molecule has 1 N–H and O–H groups in total. The zero-order valence-electron chi connectivity index (χ0n) is 9.81. The van der Waals surface area contributed by atoms with Crippen molar-refractivity contribution in [2.24, 2.45) is 0 Å². The van der Waals surface area contributed by atoms with Gasteiger partial charge in [-0.05, 0) is 32.2 Å². The van der Waals surface area contributed by atoms with E-state index in [9.17, 15) is 0 Å². The average molecular weight is 231 g/mol. The molecule has 0 saturated carbocycles. The molecule has 2 saturated heterocycles. The Morgan fingerprint density at radius 1 is 1.38 bits per heavy atom. The molecule has 2 atom stereocenters. The van der Waals surface area contributed by atoms with Gasteiger partial charge in [0.1, 0.15) is 0 Å². The molecular weight excluding hydrogens is 210 g/mol. The molecule has 1 unspecified atom stereocenters. The lowest BCUT2D eigenvalue weighted by atomic mass is 10.2. The molecule has 2 aliphatic rings. The number of methoxy groups -OCH3 is 1. The maximum atomic E-state index is 8.95. The van der Waals surface area contributed by atoms with E-state index in [0.717, 1.165) is 32.5 Å². The van der Waals surface area contributed by atoms with Crippen LogP contribution in [0.25, 0.3) is 0 Å². The van der Waals surface area contributed by atoms with E-state index in [-0.39, 0.29) is 6.29 Å². The Morgan fingerprint density at radius 3 is 2.69 bits per heavy atom. The Morgan fingerprint density at radius 2 is 2.19 bits per heavy atom. The quantitative estimate of drug-likeness (QED) is 0.724. The Kier molecular flexibility index (Phi) is 7.12. The summed E-state index contributed by atoms with van der Waals surface area (Å²) in [6.45, 7) is 3.35. The Balaban J connectivity index is 0.000000280. The Labute approximate surface area is 96.4 Å². The molecule has 5 heteroatoms. The molecule has 0 bridgehead atoms. The SMILES string of the molecule is C1CC[C@@H](OC2CCNC2)OC1.COC=O. The van der Waals surface area contributed by atoms with Gasteiger partial charge in [-0.1, -0.05) is 0 Å². The first kappa shape index (κ1) is 13.4. The number of rotatable bonds is 3. The van der Waals surface area contributed by atoms with Crippen LogP contribution in [0.15, 0.2) is 0 Å². The number of hydrogen-bond donors (Lipinski definition) is 1. The molecule has 94 valence electrons. The maximum absolute atomic E-state index is 8.95. The summed E-state index contributed by atoms with van der Waals surface area (Å²) in [6.07, 6.45) is 5.15. The Hall–Kier alpha value is -0.650. The van der Waals surface area contributed by atoms with E-state index in [0.29, 0.717) is 12.6 Å². The van der Waals surface area contributed by atoms with Crippen LogP contribution in [0.2, 0.25) is 0 Å². The summed E-state index contributed by atoms with van der Waals surface area (Å²) < 4.78 is 15.1. The molecule has 5 nitrogen and oxygen atoms in total. The van der Waals surface area contributed by atoms with Crippen molar-refractivity contribution < 1.29 is 19.0 Å². The standard InChI is InChI=1S/C9H17NO2.C2H4O2/c1-2-6-11-9(3-1)12-8-4-5-10-7-8;1-4-2-3/h8-10H,1-7H2;2H,1H3/t8?,9-;/m1./s1. The zero-order chi connectivity index (χ0) is 11.6. The van der Waals surface area contributed by atoms with Gasteiger partial charge in [0.2, 0.25) is 0 Å². The van der Waals surface area contributed by atoms with Crippen molar-refractivity contribution in [1.82, 2.24) is 5.32 Å². The van der Waals surface area contributed by atoms with E-state index >= 15 is 0 Å². The van der Waals surface area contributed by atoms with Crippen LogP contribution in [-0.4, -0.2) is 45.7 Å². The van der Waals surface area contributed by atoms with Gasteiger partial charge in [-0.25, -0.2) is 0 Å². The van der Waals surface area contributed by atoms with E-state index < -0.39 is 0 Å². The van der Waals surface area contributed by atoms with E-state index in [1.54, 1.807) is 0 Å². The summed E-state index contributed by atoms with van der Waals surface area (Å²) >= 11 is 0. The first-order chi connectivity index (χ1) is 7.86. The highest BCUT2D eigenvalue weighted by molar-refractivity contribution is 5.36. The molecule has 0 spiro atoms. The molecule has 0 aliphatic carbocycles. The minimum Gasteiger partial charge on any atom is -0.471 e. The number of hydrogen-bond acceptors (Lipinski definition) is 5. The van der Waals surface area contributed by atoms with Crippen LogP contribution < -0.4 is 5.32 Å². The van der Waals surface area contributed by atoms with Crippen LogP contribution in [0, 0.1) is 0 Å². The number of carbonyl (C=O) groups excluding carboxylic acids is 1. The van der Waals surface area contributed by atoms with Gasteiger partial charge in [-0.3, -0.25) is 4.79 Å². The van der Waals surface area contributed by atoms with Crippen LogP contribution >= 0.6 is 0 Å². The first-order valence-electron chi connectivity index (χ1n) is 5.81. The third kappa shape index (κ3) is 5.44. The predicted octanol–water partition coefficient (Wildman–Crippen LogP) is 0.681. The van der Waals surface area contributed by atoms with Gasteiger partial charge in [0.15, 0.2) is 6.29 Å². The molecule has 2 fully saturated rings. The van der Waals surface area contributed by atoms with Gasteiger partial charge in [-0.15, -0.1) is 0 Å². The third-order valence-electron chi connectivity index (χ3n) is 2.59. The van der Waals surface area contributed by atoms with E-state index in [1.165, 1.54) is 20.0 Å². The summed E-state index contributed by atoms with van der Waals surface area (Å²) in [7, 11) is 1.31. The smallest absolute Gasteiger partial charge is 0.292 e. The van der Waals surface area contributed by atoms with Crippen molar-refractivity contribution in [3.63, 3.8) is 0 Å². The lowest BCUT2D eigenvalue weighted by Crippen LogP contribution is -2.29. The lowest BCUT2D eigenvalue weighted by molar-refractivity contribution is -0.183. The second-order valence-corrected chi connectivity index (χ2v) is 3.88. The maximum Gasteiger partial charge on any atom is 0.292 e. The van der Waals surface area contributed by atoms with Crippen molar-refractivity contribution in [2.45, 2.75) is 38.1 Å². The topological polar surface area (TPSA) is 56.8 Å². The normalized spacial score (nSPS) is 29.1. The molecule has 0 radical (unpaired) electrons. The van der Waals surface area contributed by atoms with E-state index in [2.05, 4.69) is 10.1 Å². The molecule has 2 heterocycles. The van der Waals surface area contributed by atoms with Gasteiger partial charge in [0, 0.05) is 13.2 Å². The van der Waals surface area contributed by atoms with Gasteiger partial charge in [0.05, 0.1) is 13.2 Å². The molecular formula is C11H21NO4. The third-order valence-corrected chi connectivity index (χ3v) is 2.59. The van der Waals surface area contributed by atoms with Crippen LogP contribution in [0.3, 0.4) is 0 Å². The predicted molar refractivity (Wildman–Crippen MR) is 59.0 cm³/mol. The average Bonchev–Trinajstić information content (AvgIpc) is 2.84. The van der Waals surface area contributed by atoms with Crippen LogP contribution in [0.1, 0.15) is 25.7 Å². The second-order valence-electron chi connectivity index (χ2n) is 3.88.